The van der Waals surface area contributed by atoms with Gasteiger partial charge in [-0.15, -0.1) is 0 Å². The maximum atomic E-state index is 11.6. The third kappa shape index (κ3) is 3.50. The second-order valence-electron chi connectivity index (χ2n) is 6.48. The largest absolute Gasteiger partial charge is 0.378 e. The Morgan fingerprint density at radius 1 is 0.630 bits per heavy atom. The van der Waals surface area contributed by atoms with Crippen molar-refractivity contribution in [2.24, 2.45) is 0 Å². The SMILES string of the molecule is OC(Sc1ccc2ccccc2c1)C(O)(c1ccccc1)c1ccccc1. The molecule has 0 bridgehead atoms. The first-order chi connectivity index (χ1) is 13.2. The minimum absolute atomic E-state index is 0.664. The van der Waals surface area contributed by atoms with Crippen LogP contribution >= 0.6 is 11.8 Å². The number of hydrogen-bond donors (Lipinski definition) is 2. The van der Waals surface area contributed by atoms with E-state index in [0.29, 0.717) is 11.1 Å². The maximum Gasteiger partial charge on any atom is 0.150 e. The van der Waals surface area contributed by atoms with Crippen molar-refractivity contribution in [3.63, 3.8) is 0 Å². The lowest BCUT2D eigenvalue weighted by molar-refractivity contribution is -0.00247. The van der Waals surface area contributed by atoms with Crippen molar-refractivity contribution in [3.8, 4) is 0 Å². The van der Waals surface area contributed by atoms with Gasteiger partial charge < -0.3 is 10.2 Å². The first kappa shape index (κ1) is 17.8. The average Bonchev–Trinajstić information content (AvgIpc) is 2.74. The second-order valence-corrected chi connectivity index (χ2v) is 7.63. The summed E-state index contributed by atoms with van der Waals surface area (Å²) >= 11 is 1.26. The first-order valence-corrected chi connectivity index (χ1v) is 9.73. The fourth-order valence-electron chi connectivity index (χ4n) is 3.29. The van der Waals surface area contributed by atoms with Gasteiger partial charge in [-0.3, -0.25) is 0 Å². The standard InChI is InChI=1S/C24H20O2S/c25-23(27-22-16-15-18-9-7-8-10-19(18)17-22)24(26,20-11-3-1-4-12-20)21-13-5-2-6-14-21/h1-17,23,25-26H. The van der Waals surface area contributed by atoms with Crippen LogP contribution in [0.2, 0.25) is 0 Å². The fraction of sp³-hybridized carbons (Fsp3) is 0.0833. The smallest absolute Gasteiger partial charge is 0.150 e. The molecule has 0 saturated heterocycles. The van der Waals surface area contributed by atoms with Gasteiger partial charge in [-0.1, -0.05) is 103 Å². The molecule has 4 aromatic rings. The molecule has 0 fully saturated rings. The highest BCUT2D eigenvalue weighted by molar-refractivity contribution is 7.99. The zero-order valence-corrected chi connectivity index (χ0v) is 15.5. The van der Waals surface area contributed by atoms with E-state index in [4.69, 9.17) is 0 Å². The maximum absolute atomic E-state index is 11.6. The van der Waals surface area contributed by atoms with Gasteiger partial charge >= 0.3 is 0 Å². The van der Waals surface area contributed by atoms with E-state index in [1.54, 1.807) is 0 Å². The van der Waals surface area contributed by atoms with Crippen LogP contribution in [0.25, 0.3) is 10.8 Å². The lowest BCUT2D eigenvalue weighted by Crippen LogP contribution is -2.38. The highest BCUT2D eigenvalue weighted by Crippen LogP contribution is 2.40. The summed E-state index contributed by atoms with van der Waals surface area (Å²) < 4.78 is 0. The zero-order chi connectivity index (χ0) is 18.7. The summed E-state index contributed by atoms with van der Waals surface area (Å²) in [6.07, 6.45) is 0. The van der Waals surface area contributed by atoms with Crippen LogP contribution in [0.4, 0.5) is 0 Å². The Labute approximate surface area is 163 Å². The molecule has 0 aromatic heterocycles. The van der Waals surface area contributed by atoms with Crippen LogP contribution in [0.5, 0.6) is 0 Å². The number of benzene rings is 4. The van der Waals surface area contributed by atoms with E-state index in [1.165, 1.54) is 11.8 Å². The number of thioether (sulfide) groups is 1. The summed E-state index contributed by atoms with van der Waals surface area (Å²) in [6, 6.07) is 32.8. The van der Waals surface area contributed by atoms with Crippen molar-refractivity contribution in [2.45, 2.75) is 15.9 Å². The van der Waals surface area contributed by atoms with Crippen LogP contribution in [-0.4, -0.2) is 15.6 Å². The molecule has 0 aliphatic rings. The Morgan fingerprint density at radius 3 is 1.74 bits per heavy atom. The third-order valence-corrected chi connectivity index (χ3v) is 5.84. The molecule has 1 atom stereocenters. The molecule has 4 aromatic carbocycles. The normalized spacial score (nSPS) is 12.8. The van der Waals surface area contributed by atoms with Gasteiger partial charge in [-0.2, -0.15) is 0 Å². The molecular formula is C24H20O2S. The van der Waals surface area contributed by atoms with E-state index in [-0.39, 0.29) is 0 Å². The van der Waals surface area contributed by atoms with Crippen molar-refractivity contribution < 1.29 is 10.2 Å². The molecule has 134 valence electrons. The molecule has 0 aliphatic heterocycles. The molecule has 0 amide bonds. The van der Waals surface area contributed by atoms with E-state index >= 15 is 0 Å². The summed E-state index contributed by atoms with van der Waals surface area (Å²) in [5, 5.41) is 25.0. The zero-order valence-electron chi connectivity index (χ0n) is 14.7. The molecule has 2 N–H and O–H groups in total. The summed E-state index contributed by atoms with van der Waals surface area (Å²) in [4.78, 5) is 0.909. The molecule has 0 aliphatic carbocycles. The predicted octanol–water partition coefficient (Wildman–Crippen LogP) is 5.19. The monoisotopic (exact) mass is 372 g/mol. The number of aliphatic hydroxyl groups is 2. The van der Waals surface area contributed by atoms with Crippen molar-refractivity contribution in [1.29, 1.82) is 0 Å². The number of aliphatic hydroxyl groups excluding tert-OH is 1. The van der Waals surface area contributed by atoms with Crippen LogP contribution in [0.1, 0.15) is 11.1 Å². The van der Waals surface area contributed by atoms with Gasteiger partial charge in [0.25, 0.3) is 0 Å². The summed E-state index contributed by atoms with van der Waals surface area (Å²) in [6.45, 7) is 0. The molecule has 0 spiro atoms. The number of fused-ring (bicyclic) bond motifs is 1. The van der Waals surface area contributed by atoms with Crippen LogP contribution in [0, 0.1) is 0 Å². The summed E-state index contributed by atoms with van der Waals surface area (Å²) in [5.74, 6) is 0. The van der Waals surface area contributed by atoms with Crippen LogP contribution in [0.3, 0.4) is 0 Å². The molecule has 2 nitrogen and oxygen atoms in total. The van der Waals surface area contributed by atoms with Gasteiger partial charge in [0.15, 0.2) is 5.60 Å². The van der Waals surface area contributed by atoms with Crippen LogP contribution < -0.4 is 0 Å². The molecule has 1 unspecified atom stereocenters. The molecule has 0 radical (unpaired) electrons. The Hall–Kier alpha value is -2.59. The van der Waals surface area contributed by atoms with Crippen LogP contribution in [0.15, 0.2) is 108 Å². The molecule has 27 heavy (non-hydrogen) atoms. The predicted molar refractivity (Wildman–Crippen MR) is 112 cm³/mol. The van der Waals surface area contributed by atoms with Crippen molar-refractivity contribution in [1.82, 2.24) is 0 Å². The van der Waals surface area contributed by atoms with E-state index in [0.717, 1.165) is 15.7 Å². The minimum atomic E-state index is -1.52. The van der Waals surface area contributed by atoms with Crippen molar-refractivity contribution in [2.75, 3.05) is 0 Å². The Morgan fingerprint density at radius 2 is 1.15 bits per heavy atom. The topological polar surface area (TPSA) is 40.5 Å². The minimum Gasteiger partial charge on any atom is -0.378 e. The molecular weight excluding hydrogens is 352 g/mol. The first-order valence-electron chi connectivity index (χ1n) is 8.85. The highest BCUT2D eigenvalue weighted by Gasteiger charge is 2.40. The van der Waals surface area contributed by atoms with Crippen molar-refractivity contribution >= 4 is 22.5 Å². The lowest BCUT2D eigenvalue weighted by atomic mass is 9.87. The van der Waals surface area contributed by atoms with Gasteiger partial charge in [0.1, 0.15) is 5.44 Å². The quantitative estimate of drug-likeness (QED) is 0.374. The third-order valence-electron chi connectivity index (χ3n) is 4.75. The van der Waals surface area contributed by atoms with Gasteiger partial charge in [0.2, 0.25) is 0 Å². The summed E-state index contributed by atoms with van der Waals surface area (Å²) in [7, 11) is 0. The van der Waals surface area contributed by atoms with Gasteiger partial charge in [0.05, 0.1) is 0 Å². The van der Waals surface area contributed by atoms with E-state index in [1.807, 2.05) is 97.1 Å². The van der Waals surface area contributed by atoms with E-state index < -0.39 is 11.0 Å². The summed E-state index contributed by atoms with van der Waals surface area (Å²) in [5.41, 5.74) is -1.25. The van der Waals surface area contributed by atoms with E-state index in [2.05, 4.69) is 6.07 Å². The van der Waals surface area contributed by atoms with Crippen molar-refractivity contribution in [3.05, 3.63) is 114 Å². The van der Waals surface area contributed by atoms with Gasteiger partial charge in [-0.05, 0) is 34.0 Å². The molecule has 4 rings (SSSR count). The number of hydrogen-bond acceptors (Lipinski definition) is 3. The molecule has 0 heterocycles. The molecule has 3 heteroatoms. The highest BCUT2D eigenvalue weighted by atomic mass is 32.2. The van der Waals surface area contributed by atoms with Crippen LogP contribution in [-0.2, 0) is 5.60 Å². The Bertz CT molecular complexity index is 992. The van der Waals surface area contributed by atoms with E-state index in [9.17, 15) is 10.2 Å². The lowest BCUT2D eigenvalue weighted by Gasteiger charge is -2.33. The Kier molecular flexibility index (Phi) is 4.99. The second kappa shape index (κ2) is 7.57. The fourth-order valence-corrected chi connectivity index (χ4v) is 4.33. The number of rotatable bonds is 5. The van der Waals surface area contributed by atoms with Gasteiger partial charge in [0, 0.05) is 4.90 Å². The Balaban J connectivity index is 1.73. The van der Waals surface area contributed by atoms with Gasteiger partial charge in [-0.25, -0.2) is 0 Å². The average molecular weight is 372 g/mol. The molecule has 0 saturated carbocycles.